The van der Waals surface area contributed by atoms with Gasteiger partial charge in [0.2, 0.25) is 5.91 Å². The van der Waals surface area contributed by atoms with Crippen LogP contribution >= 0.6 is 0 Å². The van der Waals surface area contributed by atoms with Crippen LogP contribution in [-0.2, 0) is 14.9 Å². The van der Waals surface area contributed by atoms with E-state index >= 15 is 0 Å². The Balaban J connectivity index is 2.26. The maximum absolute atomic E-state index is 12.3. The molecule has 0 saturated heterocycles. The smallest absolute Gasteiger partial charge is 0.301 e. The summed E-state index contributed by atoms with van der Waals surface area (Å²) in [6, 6.07) is 1.71. The predicted molar refractivity (Wildman–Crippen MR) is 138 cm³/mol. The Bertz CT molecular complexity index is 888. The number of hydrogen-bond donors (Lipinski definition) is 2. The number of anilines is 1. The van der Waals surface area contributed by atoms with Crippen LogP contribution in [0.2, 0.25) is 0 Å². The minimum Gasteiger partial charge on any atom is -0.494 e. The molecule has 0 saturated carbocycles. The SMILES string of the molecule is CCCCCCCCCCCCCCCCCC(=O)Nc1cc(S(=O)(=O)O)c([N+](=O)[O-])cc1OC. The van der Waals surface area contributed by atoms with Gasteiger partial charge < -0.3 is 10.1 Å². The van der Waals surface area contributed by atoms with Gasteiger partial charge in [-0.15, -0.1) is 0 Å². The van der Waals surface area contributed by atoms with E-state index in [2.05, 4.69) is 12.2 Å². The molecule has 0 atom stereocenters. The lowest BCUT2D eigenvalue weighted by Crippen LogP contribution is -2.13. The van der Waals surface area contributed by atoms with E-state index in [1.807, 2.05) is 0 Å². The molecule has 0 aliphatic heterocycles. The van der Waals surface area contributed by atoms with Crippen LogP contribution in [0.5, 0.6) is 5.75 Å². The van der Waals surface area contributed by atoms with Gasteiger partial charge in [0, 0.05) is 6.42 Å². The first-order chi connectivity index (χ1) is 16.7. The normalized spacial score (nSPS) is 11.4. The summed E-state index contributed by atoms with van der Waals surface area (Å²) < 4.78 is 37.4. The van der Waals surface area contributed by atoms with Crippen molar-refractivity contribution in [3.05, 3.63) is 22.2 Å². The zero-order valence-corrected chi connectivity index (χ0v) is 22.0. The summed E-state index contributed by atoms with van der Waals surface area (Å²) in [5, 5.41) is 13.7. The molecule has 1 rings (SSSR count). The first-order valence-electron chi connectivity index (χ1n) is 12.8. The number of unbranched alkanes of at least 4 members (excludes halogenated alkanes) is 14. The maximum atomic E-state index is 12.3. The molecule has 35 heavy (non-hydrogen) atoms. The summed E-state index contributed by atoms with van der Waals surface area (Å²) in [5.41, 5.74) is -0.874. The van der Waals surface area contributed by atoms with Crippen molar-refractivity contribution in [3.63, 3.8) is 0 Å². The molecule has 2 N–H and O–H groups in total. The average molecular weight is 515 g/mol. The summed E-state index contributed by atoms with van der Waals surface area (Å²) in [6.07, 6.45) is 18.6. The van der Waals surface area contributed by atoms with Crippen LogP contribution < -0.4 is 10.1 Å². The predicted octanol–water partition coefficient (Wildman–Crippen LogP) is 7.05. The van der Waals surface area contributed by atoms with Crippen LogP contribution in [0.15, 0.2) is 17.0 Å². The number of nitrogens with zero attached hydrogens (tertiary/aromatic N) is 1. The molecule has 10 heteroatoms. The van der Waals surface area contributed by atoms with Gasteiger partial charge in [-0.1, -0.05) is 96.8 Å². The Morgan fingerprint density at radius 2 is 1.37 bits per heavy atom. The van der Waals surface area contributed by atoms with Crippen molar-refractivity contribution >= 4 is 27.4 Å². The fraction of sp³-hybridized carbons (Fsp3) is 0.720. The number of hydrogen-bond acceptors (Lipinski definition) is 6. The molecule has 0 radical (unpaired) electrons. The number of ether oxygens (including phenoxy) is 1. The van der Waals surface area contributed by atoms with E-state index in [9.17, 15) is 27.9 Å². The third kappa shape index (κ3) is 12.9. The molecule has 1 aromatic carbocycles. The molecule has 0 spiro atoms. The summed E-state index contributed by atoms with van der Waals surface area (Å²) in [4.78, 5) is 21.6. The molecule has 0 unspecified atom stereocenters. The summed E-state index contributed by atoms with van der Waals surface area (Å²) in [7, 11) is -3.61. The third-order valence-corrected chi connectivity index (χ3v) is 6.92. The minimum atomic E-state index is -4.85. The highest BCUT2D eigenvalue weighted by Gasteiger charge is 2.27. The standard InChI is InChI=1S/C25H42N2O7S/c1-3-4-5-6-7-8-9-10-11-12-13-14-15-16-17-18-25(28)26-21-19-24(35(31,32)33)22(27(29)30)20-23(21)34-2/h19-20H,3-18H2,1-2H3,(H,26,28)(H,31,32,33). The highest BCUT2D eigenvalue weighted by Crippen LogP contribution is 2.35. The van der Waals surface area contributed by atoms with E-state index in [0.29, 0.717) is 6.42 Å². The first-order valence-corrected chi connectivity index (χ1v) is 14.3. The second-order valence-corrected chi connectivity index (χ2v) is 10.4. The Kier molecular flexibility index (Phi) is 15.2. The number of benzene rings is 1. The van der Waals surface area contributed by atoms with Gasteiger partial charge in [0.15, 0.2) is 4.90 Å². The Morgan fingerprint density at radius 3 is 1.77 bits per heavy atom. The monoisotopic (exact) mass is 514 g/mol. The fourth-order valence-corrected chi connectivity index (χ4v) is 4.70. The number of nitro benzene ring substituents is 1. The first kappa shape index (κ1) is 30.8. The Hall–Kier alpha value is -2.20. The van der Waals surface area contributed by atoms with E-state index in [4.69, 9.17) is 4.74 Å². The van der Waals surface area contributed by atoms with Crippen molar-refractivity contribution in [2.75, 3.05) is 12.4 Å². The summed E-state index contributed by atoms with van der Waals surface area (Å²) >= 11 is 0. The minimum absolute atomic E-state index is 0.0447. The van der Waals surface area contributed by atoms with E-state index < -0.39 is 25.6 Å². The van der Waals surface area contributed by atoms with Crippen LogP contribution in [0.3, 0.4) is 0 Å². The molecule has 0 aliphatic rings. The molecule has 1 amide bonds. The molecule has 1 aromatic rings. The van der Waals surface area contributed by atoms with E-state index in [-0.39, 0.29) is 23.8 Å². The van der Waals surface area contributed by atoms with Gasteiger partial charge in [-0.05, 0) is 12.5 Å². The highest BCUT2D eigenvalue weighted by atomic mass is 32.2. The largest absolute Gasteiger partial charge is 0.494 e. The summed E-state index contributed by atoms with van der Waals surface area (Å²) in [6.45, 7) is 2.24. The summed E-state index contributed by atoms with van der Waals surface area (Å²) in [5.74, 6) is -0.415. The molecule has 200 valence electrons. The van der Waals surface area contributed by atoms with Gasteiger partial charge >= 0.3 is 10.1 Å². The molecule has 9 nitrogen and oxygen atoms in total. The van der Waals surface area contributed by atoms with Gasteiger partial charge in [-0.2, -0.15) is 8.42 Å². The molecule has 0 heterocycles. The van der Waals surface area contributed by atoms with Crippen LogP contribution in [0.25, 0.3) is 0 Å². The van der Waals surface area contributed by atoms with Crippen LogP contribution in [-0.4, -0.2) is 30.9 Å². The van der Waals surface area contributed by atoms with Crippen molar-refractivity contribution in [3.8, 4) is 5.75 Å². The zero-order valence-electron chi connectivity index (χ0n) is 21.2. The Morgan fingerprint density at radius 1 is 0.914 bits per heavy atom. The molecule has 0 bridgehead atoms. The topological polar surface area (TPSA) is 136 Å². The van der Waals surface area contributed by atoms with Crippen LogP contribution in [0.4, 0.5) is 11.4 Å². The van der Waals surface area contributed by atoms with Crippen molar-refractivity contribution in [2.45, 2.75) is 115 Å². The van der Waals surface area contributed by atoms with Crippen molar-refractivity contribution in [1.82, 2.24) is 0 Å². The highest BCUT2D eigenvalue weighted by molar-refractivity contribution is 7.86. The zero-order chi connectivity index (χ0) is 26.1. The van der Waals surface area contributed by atoms with E-state index in [1.165, 1.54) is 77.7 Å². The lowest BCUT2D eigenvalue weighted by molar-refractivity contribution is -0.387. The number of methoxy groups -OCH3 is 1. The second kappa shape index (κ2) is 17.3. The van der Waals surface area contributed by atoms with Gasteiger partial charge in [0.05, 0.1) is 23.8 Å². The molecular formula is C25H42N2O7S. The maximum Gasteiger partial charge on any atom is 0.301 e. The van der Waals surface area contributed by atoms with E-state index in [0.717, 1.165) is 31.4 Å². The number of carbonyl (C=O) groups excluding carboxylic acids is 1. The lowest BCUT2D eigenvalue weighted by atomic mass is 10.0. The molecule has 0 fully saturated rings. The molecule has 0 aliphatic carbocycles. The van der Waals surface area contributed by atoms with Gasteiger partial charge in [0.1, 0.15) is 5.75 Å². The molecular weight excluding hydrogens is 472 g/mol. The number of carbonyl (C=O) groups is 1. The van der Waals surface area contributed by atoms with Crippen LogP contribution in [0.1, 0.15) is 110 Å². The average Bonchev–Trinajstić information content (AvgIpc) is 2.80. The number of rotatable bonds is 20. The van der Waals surface area contributed by atoms with Gasteiger partial charge in [-0.3, -0.25) is 19.5 Å². The number of amides is 1. The second-order valence-electron chi connectivity index (χ2n) is 9.00. The van der Waals surface area contributed by atoms with Gasteiger partial charge in [-0.25, -0.2) is 0 Å². The van der Waals surface area contributed by atoms with Gasteiger partial charge in [0.25, 0.3) is 5.69 Å². The molecule has 0 aromatic heterocycles. The van der Waals surface area contributed by atoms with Crippen LogP contribution in [0, 0.1) is 10.1 Å². The fourth-order valence-electron chi connectivity index (χ4n) is 4.03. The third-order valence-electron chi connectivity index (χ3n) is 6.04. The van der Waals surface area contributed by atoms with E-state index in [1.54, 1.807) is 0 Å². The van der Waals surface area contributed by atoms with Crippen molar-refractivity contribution in [1.29, 1.82) is 0 Å². The number of nitrogens with one attached hydrogen (secondary N) is 1. The Labute approximate surface area is 209 Å². The number of nitro groups is 1. The lowest BCUT2D eigenvalue weighted by Gasteiger charge is -2.12. The quantitative estimate of drug-likeness (QED) is 0.0823. The van der Waals surface area contributed by atoms with Crippen molar-refractivity contribution < 1.29 is 27.4 Å². The van der Waals surface area contributed by atoms with Crippen molar-refractivity contribution in [2.24, 2.45) is 0 Å².